The lowest BCUT2D eigenvalue weighted by Crippen LogP contribution is -2.29. The summed E-state index contributed by atoms with van der Waals surface area (Å²) < 4.78 is 5.47. The average molecular weight is 309 g/mol. The number of fused-ring (bicyclic) bond motifs is 1. The maximum atomic E-state index is 12.4. The van der Waals surface area contributed by atoms with Crippen molar-refractivity contribution in [3.63, 3.8) is 0 Å². The highest BCUT2D eigenvalue weighted by atomic mass is 16.5. The summed E-state index contributed by atoms with van der Waals surface area (Å²) in [6.07, 6.45) is -0.542. The van der Waals surface area contributed by atoms with E-state index in [4.69, 9.17) is 4.74 Å². The third-order valence-corrected chi connectivity index (χ3v) is 3.77. The van der Waals surface area contributed by atoms with Crippen molar-refractivity contribution in [3.8, 4) is 5.75 Å². The molecular formula is C18H15NO4. The number of hydrogen-bond acceptors (Lipinski definition) is 4. The first-order chi connectivity index (χ1) is 11.0. The molecule has 2 aromatic rings. The lowest BCUT2D eigenvalue weighted by Gasteiger charge is -2.16. The Hall–Kier alpha value is -2.95. The van der Waals surface area contributed by atoms with Crippen molar-refractivity contribution < 1.29 is 19.1 Å². The van der Waals surface area contributed by atoms with Crippen molar-refractivity contribution in [2.24, 2.45) is 0 Å². The second-order valence-electron chi connectivity index (χ2n) is 5.36. The number of nitrogens with zero attached hydrogens (tertiary/aromatic N) is 1. The van der Waals surface area contributed by atoms with E-state index in [1.165, 1.54) is 6.92 Å². The van der Waals surface area contributed by atoms with Gasteiger partial charge in [0.05, 0.1) is 16.8 Å². The standard InChI is InChI=1S/C18H15NO4/c1-11(20)12(2)23-14-9-7-13(8-10-14)19-17(21)15-5-3-4-6-16(15)18(19)22/h3-10,12H,1-2H3/t12-/m0/s1. The van der Waals surface area contributed by atoms with Crippen LogP contribution in [0.2, 0.25) is 0 Å². The molecule has 0 aliphatic carbocycles. The fourth-order valence-electron chi connectivity index (χ4n) is 2.38. The highest BCUT2D eigenvalue weighted by molar-refractivity contribution is 6.34. The van der Waals surface area contributed by atoms with Crippen molar-refractivity contribution in [1.29, 1.82) is 0 Å². The van der Waals surface area contributed by atoms with Crippen LogP contribution in [0.4, 0.5) is 5.69 Å². The van der Waals surface area contributed by atoms with Crippen molar-refractivity contribution in [2.45, 2.75) is 20.0 Å². The largest absolute Gasteiger partial charge is 0.483 e. The second-order valence-corrected chi connectivity index (χ2v) is 5.36. The van der Waals surface area contributed by atoms with E-state index in [1.54, 1.807) is 55.5 Å². The fourth-order valence-corrected chi connectivity index (χ4v) is 2.38. The van der Waals surface area contributed by atoms with Crippen LogP contribution in [0.5, 0.6) is 5.75 Å². The summed E-state index contributed by atoms with van der Waals surface area (Å²) in [6.45, 7) is 3.12. The fraction of sp³-hybridized carbons (Fsp3) is 0.167. The zero-order valence-electron chi connectivity index (χ0n) is 12.8. The van der Waals surface area contributed by atoms with E-state index in [-0.39, 0.29) is 17.6 Å². The molecule has 2 amide bonds. The maximum Gasteiger partial charge on any atom is 0.266 e. The molecule has 0 fully saturated rings. The van der Waals surface area contributed by atoms with Crippen molar-refractivity contribution in [3.05, 3.63) is 59.7 Å². The number of anilines is 1. The minimum absolute atomic E-state index is 0.0746. The summed E-state index contributed by atoms with van der Waals surface area (Å²) in [6, 6.07) is 13.3. The van der Waals surface area contributed by atoms with Gasteiger partial charge < -0.3 is 4.74 Å². The Morgan fingerprint density at radius 3 is 1.96 bits per heavy atom. The Kier molecular flexibility index (Phi) is 3.70. The van der Waals surface area contributed by atoms with Gasteiger partial charge in [0, 0.05) is 0 Å². The first kappa shape index (κ1) is 15.0. The van der Waals surface area contributed by atoms with E-state index in [9.17, 15) is 14.4 Å². The Labute approximate surface area is 133 Å². The van der Waals surface area contributed by atoms with Gasteiger partial charge in [0.15, 0.2) is 11.9 Å². The summed E-state index contributed by atoms with van der Waals surface area (Å²) in [4.78, 5) is 37.1. The number of Topliss-reactive ketones (excluding diaryl/α,β-unsaturated/α-hetero) is 1. The van der Waals surface area contributed by atoms with Crippen LogP contribution in [0.1, 0.15) is 34.6 Å². The molecule has 1 aliphatic rings. The summed E-state index contributed by atoms with van der Waals surface area (Å²) >= 11 is 0. The van der Waals surface area contributed by atoms with Gasteiger partial charge in [-0.25, -0.2) is 4.90 Å². The molecule has 0 saturated carbocycles. The van der Waals surface area contributed by atoms with E-state index < -0.39 is 6.10 Å². The van der Waals surface area contributed by atoms with Crippen molar-refractivity contribution >= 4 is 23.3 Å². The van der Waals surface area contributed by atoms with Gasteiger partial charge in [0.25, 0.3) is 11.8 Å². The molecule has 1 heterocycles. The number of carbonyl (C=O) groups is 3. The number of ketones is 1. The summed E-state index contributed by atoms with van der Waals surface area (Å²) in [5, 5.41) is 0. The monoisotopic (exact) mass is 309 g/mol. The minimum atomic E-state index is -0.542. The van der Waals surface area contributed by atoms with Crippen LogP contribution >= 0.6 is 0 Å². The van der Waals surface area contributed by atoms with E-state index in [1.807, 2.05) is 0 Å². The molecule has 0 radical (unpaired) electrons. The quantitative estimate of drug-likeness (QED) is 0.815. The van der Waals surface area contributed by atoms with Crippen LogP contribution < -0.4 is 9.64 Å². The molecule has 5 heteroatoms. The van der Waals surface area contributed by atoms with Gasteiger partial charge in [-0.1, -0.05) is 12.1 Å². The minimum Gasteiger partial charge on any atom is -0.483 e. The summed E-state index contributed by atoms with van der Waals surface area (Å²) in [5.41, 5.74) is 1.28. The van der Waals surface area contributed by atoms with Crippen LogP contribution in [0, 0.1) is 0 Å². The highest BCUT2D eigenvalue weighted by Gasteiger charge is 2.36. The molecule has 5 nitrogen and oxygen atoms in total. The number of ether oxygens (including phenoxy) is 1. The number of benzene rings is 2. The van der Waals surface area contributed by atoms with Crippen LogP contribution in [0.3, 0.4) is 0 Å². The van der Waals surface area contributed by atoms with E-state index in [2.05, 4.69) is 0 Å². The lowest BCUT2D eigenvalue weighted by molar-refractivity contribution is -0.122. The van der Waals surface area contributed by atoms with E-state index >= 15 is 0 Å². The first-order valence-electron chi connectivity index (χ1n) is 7.24. The number of imide groups is 1. The average Bonchev–Trinajstić information content (AvgIpc) is 2.80. The molecule has 3 rings (SSSR count). The van der Waals surface area contributed by atoms with Gasteiger partial charge in [-0.15, -0.1) is 0 Å². The second kappa shape index (κ2) is 5.68. The zero-order valence-corrected chi connectivity index (χ0v) is 12.8. The first-order valence-corrected chi connectivity index (χ1v) is 7.24. The van der Waals surface area contributed by atoms with E-state index in [0.29, 0.717) is 22.6 Å². The van der Waals surface area contributed by atoms with Crippen molar-refractivity contribution in [2.75, 3.05) is 4.90 Å². The molecular weight excluding hydrogens is 294 g/mol. The molecule has 0 N–H and O–H groups in total. The van der Waals surface area contributed by atoms with Gasteiger partial charge in [0.1, 0.15) is 5.75 Å². The molecule has 0 unspecified atom stereocenters. The van der Waals surface area contributed by atoms with Gasteiger partial charge in [-0.2, -0.15) is 0 Å². The molecule has 0 spiro atoms. The topological polar surface area (TPSA) is 63.7 Å². The van der Waals surface area contributed by atoms with Gasteiger partial charge in [-0.05, 0) is 50.2 Å². The molecule has 1 atom stereocenters. The van der Waals surface area contributed by atoms with Crippen LogP contribution in [-0.4, -0.2) is 23.7 Å². The van der Waals surface area contributed by atoms with Crippen LogP contribution in [0.15, 0.2) is 48.5 Å². The molecule has 116 valence electrons. The summed E-state index contributed by atoms with van der Waals surface area (Å²) in [5.74, 6) is -0.241. The molecule has 0 aromatic heterocycles. The molecule has 0 bridgehead atoms. The normalized spacial score (nSPS) is 14.6. The Morgan fingerprint density at radius 2 is 1.48 bits per heavy atom. The van der Waals surface area contributed by atoms with Crippen molar-refractivity contribution in [1.82, 2.24) is 0 Å². The number of rotatable bonds is 4. The van der Waals surface area contributed by atoms with Crippen LogP contribution in [0.25, 0.3) is 0 Å². The highest BCUT2D eigenvalue weighted by Crippen LogP contribution is 2.29. The van der Waals surface area contributed by atoms with Gasteiger partial charge in [0.2, 0.25) is 0 Å². The third-order valence-electron chi connectivity index (χ3n) is 3.77. The van der Waals surface area contributed by atoms with Gasteiger partial charge in [-0.3, -0.25) is 14.4 Å². The maximum absolute atomic E-state index is 12.4. The predicted molar refractivity (Wildman–Crippen MR) is 84.8 cm³/mol. The Balaban J connectivity index is 1.85. The number of hydrogen-bond donors (Lipinski definition) is 0. The zero-order chi connectivity index (χ0) is 16.6. The Morgan fingerprint density at radius 1 is 0.957 bits per heavy atom. The SMILES string of the molecule is CC(=O)[C@H](C)Oc1ccc(N2C(=O)c3ccccc3C2=O)cc1. The smallest absolute Gasteiger partial charge is 0.266 e. The lowest BCUT2D eigenvalue weighted by atomic mass is 10.1. The molecule has 0 saturated heterocycles. The molecule has 2 aromatic carbocycles. The predicted octanol–water partition coefficient (Wildman–Crippen LogP) is 2.84. The Bertz CT molecular complexity index is 760. The molecule has 23 heavy (non-hydrogen) atoms. The molecule has 1 aliphatic heterocycles. The number of carbonyl (C=O) groups excluding carboxylic acids is 3. The van der Waals surface area contributed by atoms with E-state index in [0.717, 1.165) is 4.90 Å². The van der Waals surface area contributed by atoms with Crippen LogP contribution in [-0.2, 0) is 4.79 Å². The van der Waals surface area contributed by atoms with Gasteiger partial charge >= 0.3 is 0 Å². The number of amides is 2. The third kappa shape index (κ3) is 2.61. The summed E-state index contributed by atoms with van der Waals surface area (Å²) in [7, 11) is 0.